The molecule has 0 spiro atoms. The molecular formula is C25H31N5O4S. The van der Waals surface area contributed by atoms with Gasteiger partial charge in [-0.3, -0.25) is 9.59 Å². The molecule has 0 aliphatic heterocycles. The Kier molecular flexibility index (Phi) is 9.13. The summed E-state index contributed by atoms with van der Waals surface area (Å²) >= 11 is 1.14. The summed E-state index contributed by atoms with van der Waals surface area (Å²) < 4.78 is 12.4. The smallest absolute Gasteiger partial charge is 0.326 e. The maximum absolute atomic E-state index is 13.0. The van der Waals surface area contributed by atoms with Crippen molar-refractivity contribution in [2.75, 3.05) is 29.6 Å². The van der Waals surface area contributed by atoms with Gasteiger partial charge in [-0.15, -0.1) is 10.2 Å². The van der Waals surface area contributed by atoms with Crippen LogP contribution in [0.3, 0.4) is 0 Å². The molecule has 35 heavy (non-hydrogen) atoms. The average Bonchev–Trinajstić information content (AvgIpc) is 3.19. The number of anilines is 1. The predicted molar refractivity (Wildman–Crippen MR) is 136 cm³/mol. The number of amides is 1. The monoisotopic (exact) mass is 497 g/mol. The highest BCUT2D eigenvalue weighted by Gasteiger charge is 2.21. The summed E-state index contributed by atoms with van der Waals surface area (Å²) in [5.41, 5.74) is 2.80. The van der Waals surface area contributed by atoms with E-state index in [0.29, 0.717) is 22.6 Å². The van der Waals surface area contributed by atoms with Gasteiger partial charge in [0, 0.05) is 5.69 Å². The standard InChI is InChI=1S/C25H31N5O4S/c1-5-33-24(32)14-29(19-9-7-6-8-10-19)23(31)16-35-25-28-27-22(30(25)26)15-34-21-13-18(4)11-12-20(21)17(2)3/h6-13,17H,5,14-16,26H2,1-4H3. The first-order valence-electron chi connectivity index (χ1n) is 11.4. The van der Waals surface area contributed by atoms with E-state index in [9.17, 15) is 9.59 Å². The Hall–Kier alpha value is -3.53. The summed E-state index contributed by atoms with van der Waals surface area (Å²) in [4.78, 5) is 26.4. The van der Waals surface area contributed by atoms with Gasteiger partial charge in [0.15, 0.2) is 5.82 Å². The number of nitrogens with two attached hydrogens (primary N) is 1. The number of thioether (sulfide) groups is 1. The van der Waals surface area contributed by atoms with Crippen molar-refractivity contribution < 1.29 is 19.1 Å². The fourth-order valence-corrected chi connectivity index (χ4v) is 4.11. The maximum Gasteiger partial charge on any atom is 0.326 e. The Morgan fingerprint density at radius 3 is 2.57 bits per heavy atom. The van der Waals surface area contributed by atoms with Gasteiger partial charge in [-0.2, -0.15) is 0 Å². The first kappa shape index (κ1) is 26.1. The van der Waals surface area contributed by atoms with Crippen LogP contribution in [0.4, 0.5) is 5.69 Å². The van der Waals surface area contributed by atoms with Gasteiger partial charge in [-0.25, -0.2) is 4.68 Å². The Morgan fingerprint density at radius 2 is 1.89 bits per heavy atom. The molecule has 0 unspecified atom stereocenters. The highest BCUT2D eigenvalue weighted by Crippen LogP contribution is 2.28. The molecule has 0 saturated heterocycles. The molecule has 10 heteroatoms. The van der Waals surface area contributed by atoms with Gasteiger partial charge in [-0.1, -0.05) is 55.9 Å². The van der Waals surface area contributed by atoms with Gasteiger partial charge in [0.2, 0.25) is 11.1 Å². The predicted octanol–water partition coefficient (Wildman–Crippen LogP) is 3.69. The fraction of sp³-hybridized carbons (Fsp3) is 0.360. The lowest BCUT2D eigenvalue weighted by atomic mass is 10.0. The van der Waals surface area contributed by atoms with E-state index in [4.69, 9.17) is 15.3 Å². The molecule has 0 fully saturated rings. The third-order valence-electron chi connectivity index (χ3n) is 5.17. The number of aryl methyl sites for hydroxylation is 1. The van der Waals surface area contributed by atoms with E-state index in [1.165, 1.54) is 9.58 Å². The zero-order valence-electron chi connectivity index (χ0n) is 20.4. The van der Waals surface area contributed by atoms with Crippen LogP contribution >= 0.6 is 11.8 Å². The van der Waals surface area contributed by atoms with E-state index < -0.39 is 5.97 Å². The second-order valence-electron chi connectivity index (χ2n) is 8.16. The van der Waals surface area contributed by atoms with Crippen molar-refractivity contribution in [3.05, 3.63) is 65.5 Å². The van der Waals surface area contributed by atoms with Crippen LogP contribution in [-0.4, -0.2) is 45.7 Å². The third kappa shape index (κ3) is 6.98. The molecule has 0 radical (unpaired) electrons. The highest BCUT2D eigenvalue weighted by molar-refractivity contribution is 7.99. The van der Waals surface area contributed by atoms with Crippen molar-refractivity contribution in [2.24, 2.45) is 0 Å². The van der Waals surface area contributed by atoms with Crippen LogP contribution in [0, 0.1) is 6.92 Å². The van der Waals surface area contributed by atoms with Crippen LogP contribution < -0.4 is 15.5 Å². The third-order valence-corrected chi connectivity index (χ3v) is 6.10. The summed E-state index contributed by atoms with van der Waals surface area (Å²) in [5.74, 6) is 6.96. The normalized spacial score (nSPS) is 10.9. The van der Waals surface area contributed by atoms with Gasteiger partial charge >= 0.3 is 5.97 Å². The lowest BCUT2D eigenvalue weighted by Gasteiger charge is -2.21. The molecule has 0 aliphatic rings. The lowest BCUT2D eigenvalue weighted by Crippen LogP contribution is -2.37. The largest absolute Gasteiger partial charge is 0.485 e. The second kappa shape index (κ2) is 12.3. The summed E-state index contributed by atoms with van der Waals surface area (Å²) in [6.07, 6.45) is 0. The summed E-state index contributed by atoms with van der Waals surface area (Å²) in [5, 5.41) is 8.60. The SMILES string of the molecule is CCOC(=O)CN(C(=O)CSc1nnc(COc2cc(C)ccc2C(C)C)n1N)c1ccccc1. The Balaban J connectivity index is 1.66. The number of rotatable bonds is 11. The molecule has 3 rings (SSSR count). The molecule has 1 amide bonds. The number of esters is 1. The second-order valence-corrected chi connectivity index (χ2v) is 9.11. The van der Waals surface area contributed by atoms with Crippen LogP contribution in [-0.2, 0) is 20.9 Å². The zero-order chi connectivity index (χ0) is 25.4. The Labute approximate surface area is 209 Å². The van der Waals surface area contributed by atoms with Crippen molar-refractivity contribution in [3.8, 4) is 5.75 Å². The van der Waals surface area contributed by atoms with E-state index >= 15 is 0 Å². The number of hydrogen-bond acceptors (Lipinski definition) is 8. The maximum atomic E-state index is 13.0. The zero-order valence-corrected chi connectivity index (χ0v) is 21.2. The van der Waals surface area contributed by atoms with E-state index in [1.54, 1.807) is 31.2 Å². The van der Waals surface area contributed by atoms with E-state index in [2.05, 4.69) is 36.2 Å². The molecule has 0 aliphatic carbocycles. The van der Waals surface area contributed by atoms with E-state index in [-0.39, 0.29) is 31.4 Å². The number of carbonyl (C=O) groups is 2. The van der Waals surface area contributed by atoms with Gasteiger partial charge < -0.3 is 20.2 Å². The number of ether oxygens (including phenoxy) is 2. The van der Waals surface area contributed by atoms with Crippen molar-refractivity contribution in [3.63, 3.8) is 0 Å². The fourth-order valence-electron chi connectivity index (χ4n) is 3.36. The Bertz CT molecular complexity index is 1150. The van der Waals surface area contributed by atoms with Gasteiger partial charge in [-0.05, 0) is 49.1 Å². The molecule has 1 aromatic heterocycles. The van der Waals surface area contributed by atoms with Crippen LogP contribution in [0.2, 0.25) is 0 Å². The minimum absolute atomic E-state index is 0.0138. The first-order valence-corrected chi connectivity index (χ1v) is 12.3. The highest BCUT2D eigenvalue weighted by atomic mass is 32.2. The molecule has 1 heterocycles. The van der Waals surface area contributed by atoms with Crippen molar-refractivity contribution in [2.45, 2.75) is 45.4 Å². The number of hydrogen-bond donors (Lipinski definition) is 1. The minimum atomic E-state index is -0.479. The van der Waals surface area contributed by atoms with Crippen LogP contribution in [0.25, 0.3) is 0 Å². The number of carbonyl (C=O) groups excluding carboxylic acids is 2. The molecule has 9 nitrogen and oxygen atoms in total. The molecule has 0 atom stereocenters. The summed E-state index contributed by atoms with van der Waals surface area (Å²) in [7, 11) is 0. The summed E-state index contributed by atoms with van der Waals surface area (Å²) in [6.45, 7) is 8.15. The van der Waals surface area contributed by atoms with Crippen LogP contribution in [0.1, 0.15) is 43.6 Å². The average molecular weight is 498 g/mol. The van der Waals surface area contributed by atoms with Crippen LogP contribution in [0.5, 0.6) is 5.75 Å². The van der Waals surface area contributed by atoms with E-state index in [0.717, 1.165) is 28.6 Å². The molecule has 2 N–H and O–H groups in total. The number of aromatic nitrogens is 3. The van der Waals surface area contributed by atoms with E-state index in [1.807, 2.05) is 19.1 Å². The quantitative estimate of drug-likeness (QED) is 0.242. The first-order chi connectivity index (χ1) is 16.8. The van der Waals surface area contributed by atoms with Crippen molar-refractivity contribution in [1.29, 1.82) is 0 Å². The molecule has 0 saturated carbocycles. The number of benzene rings is 2. The number of nitrogen functional groups attached to an aromatic ring is 1. The Morgan fingerprint density at radius 1 is 1.14 bits per heavy atom. The lowest BCUT2D eigenvalue weighted by molar-refractivity contribution is -0.142. The molecule has 0 bridgehead atoms. The molecule has 186 valence electrons. The van der Waals surface area contributed by atoms with Gasteiger partial charge in [0.25, 0.3) is 0 Å². The van der Waals surface area contributed by atoms with Gasteiger partial charge in [0.05, 0.1) is 12.4 Å². The van der Waals surface area contributed by atoms with Crippen molar-refractivity contribution >= 4 is 29.3 Å². The minimum Gasteiger partial charge on any atom is -0.485 e. The number of nitrogens with zero attached hydrogens (tertiary/aromatic N) is 4. The molecular weight excluding hydrogens is 466 g/mol. The number of para-hydroxylation sites is 1. The topological polar surface area (TPSA) is 113 Å². The summed E-state index contributed by atoms with van der Waals surface area (Å²) in [6, 6.07) is 15.1. The van der Waals surface area contributed by atoms with Crippen LogP contribution in [0.15, 0.2) is 53.7 Å². The molecule has 3 aromatic rings. The van der Waals surface area contributed by atoms with Crippen molar-refractivity contribution in [1.82, 2.24) is 14.9 Å². The van der Waals surface area contributed by atoms with Gasteiger partial charge in [0.1, 0.15) is 18.9 Å². The molecule has 2 aromatic carbocycles.